The number of aryl methyl sites for hydroxylation is 1. The summed E-state index contributed by atoms with van der Waals surface area (Å²) in [6, 6.07) is 4.42. The Labute approximate surface area is 95.5 Å². The van der Waals surface area contributed by atoms with Crippen molar-refractivity contribution in [2.45, 2.75) is 25.7 Å². The van der Waals surface area contributed by atoms with Gasteiger partial charge in [-0.15, -0.1) is 0 Å². The maximum Gasteiger partial charge on any atom is 0.112 e. The number of rotatable bonds is 2. The van der Waals surface area contributed by atoms with Gasteiger partial charge in [-0.25, -0.2) is 4.98 Å². The van der Waals surface area contributed by atoms with E-state index in [0.717, 1.165) is 25.3 Å². The summed E-state index contributed by atoms with van der Waals surface area (Å²) in [5.41, 5.74) is 2.64. The molecule has 84 valence electrons. The van der Waals surface area contributed by atoms with Gasteiger partial charge in [0.1, 0.15) is 5.82 Å². The highest BCUT2D eigenvalue weighted by Crippen LogP contribution is 2.23. The predicted octanol–water partition coefficient (Wildman–Crippen LogP) is 1.97. The molecule has 1 fully saturated rings. The molecule has 0 aromatic carbocycles. The molecule has 16 heavy (non-hydrogen) atoms. The zero-order valence-electron chi connectivity index (χ0n) is 9.61. The Morgan fingerprint density at radius 2 is 2.44 bits per heavy atom. The number of aromatic nitrogens is 2. The number of imidazole rings is 1. The van der Waals surface area contributed by atoms with Crippen LogP contribution in [0.1, 0.15) is 30.7 Å². The molecule has 3 heteroatoms. The maximum absolute atomic E-state index is 4.43. The molecule has 0 amide bonds. The first-order valence-corrected chi connectivity index (χ1v) is 6.05. The molecule has 0 bridgehead atoms. The monoisotopic (exact) mass is 215 g/mol. The van der Waals surface area contributed by atoms with E-state index in [0.29, 0.717) is 5.92 Å². The first-order valence-electron chi connectivity index (χ1n) is 6.05. The van der Waals surface area contributed by atoms with Crippen LogP contribution in [-0.2, 0) is 6.42 Å². The SMILES string of the molecule is CCc1ncc2ccc(C3CCNC3)cn12. The largest absolute Gasteiger partial charge is 0.316 e. The smallest absolute Gasteiger partial charge is 0.112 e. The first-order chi connectivity index (χ1) is 7.88. The Morgan fingerprint density at radius 1 is 1.50 bits per heavy atom. The fourth-order valence-electron chi connectivity index (χ4n) is 2.50. The van der Waals surface area contributed by atoms with Crippen LogP contribution < -0.4 is 5.32 Å². The van der Waals surface area contributed by atoms with Gasteiger partial charge in [-0.05, 0) is 30.5 Å². The minimum atomic E-state index is 0.677. The van der Waals surface area contributed by atoms with Gasteiger partial charge in [0.05, 0.1) is 11.7 Å². The third-order valence-corrected chi connectivity index (χ3v) is 3.47. The fourth-order valence-corrected chi connectivity index (χ4v) is 2.50. The lowest BCUT2D eigenvalue weighted by atomic mass is 10.0. The second kappa shape index (κ2) is 3.91. The summed E-state index contributed by atoms with van der Waals surface area (Å²) in [6.07, 6.45) is 6.45. The lowest BCUT2D eigenvalue weighted by molar-refractivity contribution is 0.754. The molecule has 1 saturated heterocycles. The number of pyridine rings is 1. The standard InChI is InChI=1S/C13H17N3/c1-2-13-15-8-12-4-3-11(9-16(12)13)10-5-6-14-7-10/h3-4,8-10,14H,2,5-7H2,1H3. The second-order valence-corrected chi connectivity index (χ2v) is 4.48. The summed E-state index contributed by atoms with van der Waals surface area (Å²) in [7, 11) is 0. The summed E-state index contributed by atoms with van der Waals surface area (Å²) in [4.78, 5) is 4.43. The highest BCUT2D eigenvalue weighted by atomic mass is 15.0. The lowest BCUT2D eigenvalue weighted by Crippen LogP contribution is -2.08. The van der Waals surface area contributed by atoms with E-state index in [-0.39, 0.29) is 0 Å². The molecule has 0 aliphatic carbocycles. The fraction of sp³-hybridized carbons (Fsp3) is 0.462. The van der Waals surface area contributed by atoms with Crippen LogP contribution in [0.2, 0.25) is 0 Å². The number of hydrogen-bond donors (Lipinski definition) is 1. The lowest BCUT2D eigenvalue weighted by Gasteiger charge is -2.09. The molecule has 1 aliphatic rings. The normalized spacial score (nSPS) is 20.7. The number of nitrogens with one attached hydrogen (secondary N) is 1. The van der Waals surface area contributed by atoms with Crippen molar-refractivity contribution in [1.29, 1.82) is 0 Å². The van der Waals surface area contributed by atoms with E-state index in [4.69, 9.17) is 0 Å². The van der Waals surface area contributed by atoms with Gasteiger partial charge >= 0.3 is 0 Å². The molecular formula is C13H17N3. The van der Waals surface area contributed by atoms with Gasteiger partial charge in [-0.2, -0.15) is 0 Å². The van der Waals surface area contributed by atoms with Crippen molar-refractivity contribution in [1.82, 2.24) is 14.7 Å². The molecule has 0 radical (unpaired) electrons. The summed E-state index contributed by atoms with van der Waals surface area (Å²) >= 11 is 0. The van der Waals surface area contributed by atoms with Gasteiger partial charge in [-0.1, -0.05) is 13.0 Å². The van der Waals surface area contributed by atoms with Crippen molar-refractivity contribution in [3.8, 4) is 0 Å². The van der Waals surface area contributed by atoms with Crippen molar-refractivity contribution < 1.29 is 0 Å². The van der Waals surface area contributed by atoms with E-state index in [1.807, 2.05) is 6.20 Å². The van der Waals surface area contributed by atoms with E-state index >= 15 is 0 Å². The average molecular weight is 215 g/mol. The summed E-state index contributed by atoms with van der Waals surface area (Å²) < 4.78 is 2.23. The summed E-state index contributed by atoms with van der Waals surface area (Å²) in [6.45, 7) is 4.41. The summed E-state index contributed by atoms with van der Waals surface area (Å²) in [5, 5.41) is 3.42. The van der Waals surface area contributed by atoms with Gasteiger partial charge in [0, 0.05) is 19.2 Å². The number of hydrogen-bond acceptors (Lipinski definition) is 2. The molecular weight excluding hydrogens is 198 g/mol. The van der Waals surface area contributed by atoms with Gasteiger partial charge < -0.3 is 9.72 Å². The van der Waals surface area contributed by atoms with E-state index < -0.39 is 0 Å². The number of nitrogens with zero attached hydrogens (tertiary/aromatic N) is 2. The molecule has 1 aliphatic heterocycles. The van der Waals surface area contributed by atoms with Crippen molar-refractivity contribution in [2.24, 2.45) is 0 Å². The van der Waals surface area contributed by atoms with Crippen LogP contribution in [0.25, 0.3) is 5.52 Å². The highest BCUT2D eigenvalue weighted by molar-refractivity contribution is 5.47. The van der Waals surface area contributed by atoms with Crippen LogP contribution in [0.3, 0.4) is 0 Å². The molecule has 1 atom stereocenters. The van der Waals surface area contributed by atoms with Crippen LogP contribution in [-0.4, -0.2) is 22.5 Å². The van der Waals surface area contributed by atoms with Crippen LogP contribution >= 0.6 is 0 Å². The molecule has 0 saturated carbocycles. The number of fused-ring (bicyclic) bond motifs is 1. The maximum atomic E-state index is 4.43. The third-order valence-electron chi connectivity index (χ3n) is 3.47. The van der Waals surface area contributed by atoms with Crippen LogP contribution in [0.4, 0.5) is 0 Å². The molecule has 0 spiro atoms. The van der Waals surface area contributed by atoms with Gasteiger partial charge in [0.15, 0.2) is 0 Å². The van der Waals surface area contributed by atoms with Gasteiger partial charge in [-0.3, -0.25) is 0 Å². The highest BCUT2D eigenvalue weighted by Gasteiger charge is 2.17. The molecule has 3 heterocycles. The Balaban J connectivity index is 2.06. The molecule has 3 rings (SSSR count). The molecule has 1 unspecified atom stereocenters. The molecule has 2 aromatic heterocycles. The third kappa shape index (κ3) is 1.52. The Bertz CT molecular complexity index is 495. The predicted molar refractivity (Wildman–Crippen MR) is 64.8 cm³/mol. The first kappa shape index (κ1) is 9.85. The molecule has 1 N–H and O–H groups in total. The van der Waals surface area contributed by atoms with Gasteiger partial charge in [0.25, 0.3) is 0 Å². The van der Waals surface area contributed by atoms with Crippen LogP contribution in [0, 0.1) is 0 Å². The van der Waals surface area contributed by atoms with E-state index in [2.05, 4.69) is 40.0 Å². The average Bonchev–Trinajstić information content (AvgIpc) is 2.97. The van der Waals surface area contributed by atoms with Crippen molar-refractivity contribution in [3.05, 3.63) is 35.9 Å². The van der Waals surface area contributed by atoms with Crippen LogP contribution in [0.5, 0.6) is 0 Å². The quantitative estimate of drug-likeness (QED) is 0.830. The zero-order chi connectivity index (χ0) is 11.0. The van der Waals surface area contributed by atoms with Crippen molar-refractivity contribution >= 4 is 5.52 Å². The molecule has 3 nitrogen and oxygen atoms in total. The van der Waals surface area contributed by atoms with Crippen LogP contribution in [0.15, 0.2) is 24.5 Å². The summed E-state index contributed by atoms with van der Waals surface area (Å²) in [5.74, 6) is 1.83. The van der Waals surface area contributed by atoms with E-state index in [1.54, 1.807) is 0 Å². The zero-order valence-corrected chi connectivity index (χ0v) is 9.61. The van der Waals surface area contributed by atoms with Crippen molar-refractivity contribution in [3.63, 3.8) is 0 Å². The minimum absolute atomic E-state index is 0.677. The van der Waals surface area contributed by atoms with E-state index in [9.17, 15) is 0 Å². The second-order valence-electron chi connectivity index (χ2n) is 4.48. The topological polar surface area (TPSA) is 29.3 Å². The van der Waals surface area contributed by atoms with Crippen molar-refractivity contribution in [2.75, 3.05) is 13.1 Å². The Morgan fingerprint density at radius 3 is 3.19 bits per heavy atom. The van der Waals surface area contributed by atoms with E-state index in [1.165, 1.54) is 17.5 Å². The Kier molecular flexibility index (Phi) is 2.40. The Hall–Kier alpha value is -1.35. The van der Waals surface area contributed by atoms with Gasteiger partial charge in [0.2, 0.25) is 0 Å². The molecule has 2 aromatic rings. The minimum Gasteiger partial charge on any atom is -0.316 e.